The van der Waals surface area contributed by atoms with E-state index in [4.69, 9.17) is 11.6 Å². The summed E-state index contributed by atoms with van der Waals surface area (Å²) >= 11 is 6.15. The summed E-state index contributed by atoms with van der Waals surface area (Å²) in [5.41, 5.74) is 2.06. The zero-order valence-electron chi connectivity index (χ0n) is 12.7. The fourth-order valence-electron chi connectivity index (χ4n) is 2.07. The van der Waals surface area contributed by atoms with E-state index in [0.717, 1.165) is 15.1 Å². The molecule has 0 aliphatic heterocycles. The Morgan fingerprint density at radius 1 is 1.36 bits per heavy atom. The molecular formula is C16H17ClN2O2S. The number of nitrogens with zero attached hydrogens (tertiary/aromatic N) is 2. The van der Waals surface area contributed by atoms with Gasteiger partial charge in [-0.25, -0.2) is 17.4 Å². The van der Waals surface area contributed by atoms with Crippen LogP contribution in [0, 0.1) is 6.92 Å². The van der Waals surface area contributed by atoms with Gasteiger partial charge in [0.1, 0.15) is 0 Å². The minimum Gasteiger partial charge on any atom is -0.237 e. The second-order valence-corrected chi connectivity index (χ2v) is 7.34. The molecule has 2 heterocycles. The van der Waals surface area contributed by atoms with Crippen LogP contribution in [0.25, 0.3) is 11.0 Å². The SMILES string of the molecule is C=C/C(=C\C=C(C)C)S(=O)(=O)n1cc(C)c2c(Cl)ccnc21. The molecule has 0 atom stereocenters. The molecular weight excluding hydrogens is 320 g/mol. The van der Waals surface area contributed by atoms with Gasteiger partial charge in [0, 0.05) is 17.8 Å². The number of halogens is 1. The molecule has 22 heavy (non-hydrogen) atoms. The van der Waals surface area contributed by atoms with E-state index in [1.54, 1.807) is 19.1 Å². The third kappa shape index (κ3) is 2.87. The van der Waals surface area contributed by atoms with Crippen molar-refractivity contribution in [2.45, 2.75) is 20.8 Å². The molecule has 0 amide bonds. The van der Waals surface area contributed by atoms with Crippen molar-refractivity contribution in [3.05, 3.63) is 64.3 Å². The van der Waals surface area contributed by atoms with E-state index in [0.29, 0.717) is 16.1 Å². The van der Waals surface area contributed by atoms with Crippen molar-refractivity contribution < 1.29 is 8.42 Å². The quantitative estimate of drug-likeness (QED) is 0.786. The summed E-state index contributed by atoms with van der Waals surface area (Å²) in [5, 5.41) is 1.11. The fourth-order valence-corrected chi connectivity index (χ4v) is 3.70. The largest absolute Gasteiger partial charge is 0.269 e. The second-order valence-electron chi connectivity index (χ2n) is 5.12. The number of rotatable bonds is 4. The Labute approximate surface area is 135 Å². The number of fused-ring (bicyclic) bond motifs is 1. The zero-order valence-corrected chi connectivity index (χ0v) is 14.2. The lowest BCUT2D eigenvalue weighted by molar-refractivity contribution is 0.596. The highest BCUT2D eigenvalue weighted by molar-refractivity contribution is 7.94. The summed E-state index contributed by atoms with van der Waals surface area (Å²) in [7, 11) is -3.78. The minimum absolute atomic E-state index is 0.104. The van der Waals surface area contributed by atoms with Gasteiger partial charge in [-0.15, -0.1) is 0 Å². The summed E-state index contributed by atoms with van der Waals surface area (Å²) in [6.07, 6.45) is 7.60. The third-order valence-corrected chi connectivity index (χ3v) is 5.14. The van der Waals surface area contributed by atoms with Crippen LogP contribution in [0.4, 0.5) is 0 Å². The molecule has 6 heteroatoms. The molecule has 0 saturated heterocycles. The number of allylic oxidation sites excluding steroid dienone is 4. The van der Waals surface area contributed by atoms with Gasteiger partial charge in [0.2, 0.25) is 0 Å². The number of aryl methyl sites for hydroxylation is 1. The molecule has 0 unspecified atom stereocenters. The highest BCUT2D eigenvalue weighted by Crippen LogP contribution is 2.29. The first-order chi connectivity index (χ1) is 10.3. The van der Waals surface area contributed by atoms with Gasteiger partial charge >= 0.3 is 0 Å². The summed E-state index contributed by atoms with van der Waals surface area (Å²) in [4.78, 5) is 4.27. The van der Waals surface area contributed by atoms with Gasteiger partial charge in [-0.2, -0.15) is 0 Å². The summed E-state index contributed by atoms with van der Waals surface area (Å²) in [5.74, 6) is 0. The van der Waals surface area contributed by atoms with E-state index in [2.05, 4.69) is 11.6 Å². The Balaban J connectivity index is 2.75. The van der Waals surface area contributed by atoms with Crippen molar-refractivity contribution in [3.63, 3.8) is 0 Å². The van der Waals surface area contributed by atoms with Gasteiger partial charge in [-0.05, 0) is 44.6 Å². The highest BCUT2D eigenvalue weighted by Gasteiger charge is 2.22. The van der Waals surface area contributed by atoms with Gasteiger partial charge in [0.05, 0.1) is 9.93 Å². The maximum atomic E-state index is 12.8. The Morgan fingerprint density at radius 2 is 2.05 bits per heavy atom. The van der Waals surface area contributed by atoms with Gasteiger partial charge in [0.25, 0.3) is 10.0 Å². The van der Waals surface area contributed by atoms with Crippen LogP contribution in [0.15, 0.2) is 53.7 Å². The van der Waals surface area contributed by atoms with Crippen molar-refractivity contribution >= 4 is 32.7 Å². The maximum absolute atomic E-state index is 12.8. The second kappa shape index (κ2) is 6.10. The molecule has 4 nitrogen and oxygen atoms in total. The molecule has 116 valence electrons. The van der Waals surface area contributed by atoms with Crippen molar-refractivity contribution in [2.75, 3.05) is 0 Å². The molecule has 0 saturated carbocycles. The third-order valence-electron chi connectivity index (χ3n) is 3.13. The standard InChI is InChI=1S/C16H17ClN2O2S/c1-5-13(7-6-11(2)3)22(20,21)19-10-12(4)15-14(17)8-9-18-16(15)19/h5-10H,1H2,2-4H3/b13-7+. The molecule has 0 aromatic carbocycles. The predicted octanol–water partition coefficient (Wildman–Crippen LogP) is 4.21. The summed E-state index contributed by atoms with van der Waals surface area (Å²) in [6, 6.07) is 1.64. The molecule has 2 rings (SSSR count). The normalized spacial score (nSPS) is 12.5. The van der Waals surface area contributed by atoms with Crippen LogP contribution >= 0.6 is 11.6 Å². The number of hydrogen-bond acceptors (Lipinski definition) is 3. The van der Waals surface area contributed by atoms with Crippen LogP contribution in [0.5, 0.6) is 0 Å². The average molecular weight is 337 g/mol. The predicted molar refractivity (Wildman–Crippen MR) is 91.5 cm³/mol. The van der Waals surface area contributed by atoms with E-state index in [1.807, 2.05) is 13.8 Å². The van der Waals surface area contributed by atoms with Gasteiger partial charge in [-0.1, -0.05) is 29.8 Å². The number of aromatic nitrogens is 2. The molecule has 0 radical (unpaired) electrons. The van der Waals surface area contributed by atoms with E-state index < -0.39 is 10.0 Å². The molecule has 0 spiro atoms. The lowest BCUT2D eigenvalue weighted by Gasteiger charge is -2.07. The molecule has 2 aromatic heterocycles. The van der Waals surface area contributed by atoms with E-state index in [1.165, 1.54) is 24.5 Å². The lowest BCUT2D eigenvalue weighted by Crippen LogP contribution is -2.13. The maximum Gasteiger partial charge on any atom is 0.269 e. The van der Waals surface area contributed by atoms with Crippen LogP contribution in [0.1, 0.15) is 19.4 Å². The van der Waals surface area contributed by atoms with E-state index in [9.17, 15) is 8.42 Å². The number of pyridine rings is 1. The van der Waals surface area contributed by atoms with Crippen LogP contribution in [0.2, 0.25) is 5.02 Å². The molecule has 0 bridgehead atoms. The molecule has 0 N–H and O–H groups in total. The zero-order chi connectivity index (χ0) is 16.5. The molecule has 0 fully saturated rings. The van der Waals surface area contributed by atoms with Gasteiger partial charge in [0.15, 0.2) is 5.65 Å². The van der Waals surface area contributed by atoms with Crippen LogP contribution < -0.4 is 0 Å². The van der Waals surface area contributed by atoms with E-state index in [-0.39, 0.29) is 4.91 Å². The average Bonchev–Trinajstić information content (AvgIpc) is 2.78. The summed E-state index contributed by atoms with van der Waals surface area (Å²) < 4.78 is 26.8. The Kier molecular flexibility index (Phi) is 4.58. The van der Waals surface area contributed by atoms with Crippen LogP contribution in [-0.4, -0.2) is 17.4 Å². The Bertz CT molecular complexity index is 902. The Hall–Kier alpha value is -1.85. The highest BCUT2D eigenvalue weighted by atomic mass is 35.5. The lowest BCUT2D eigenvalue weighted by atomic mass is 10.2. The monoisotopic (exact) mass is 336 g/mol. The first-order valence-corrected chi connectivity index (χ1v) is 8.46. The number of hydrogen-bond donors (Lipinski definition) is 0. The topological polar surface area (TPSA) is 52.0 Å². The smallest absolute Gasteiger partial charge is 0.237 e. The van der Waals surface area contributed by atoms with Crippen molar-refractivity contribution in [2.24, 2.45) is 0 Å². The first kappa shape index (κ1) is 16.5. The van der Waals surface area contributed by atoms with Crippen LogP contribution in [-0.2, 0) is 10.0 Å². The van der Waals surface area contributed by atoms with Crippen molar-refractivity contribution in [1.29, 1.82) is 0 Å². The summed E-state index contributed by atoms with van der Waals surface area (Å²) in [6.45, 7) is 9.18. The van der Waals surface area contributed by atoms with Crippen molar-refractivity contribution in [1.82, 2.24) is 8.96 Å². The van der Waals surface area contributed by atoms with Crippen molar-refractivity contribution in [3.8, 4) is 0 Å². The van der Waals surface area contributed by atoms with E-state index >= 15 is 0 Å². The van der Waals surface area contributed by atoms with Gasteiger partial charge < -0.3 is 0 Å². The molecule has 2 aromatic rings. The molecule has 0 aliphatic rings. The van der Waals surface area contributed by atoms with Gasteiger partial charge in [-0.3, -0.25) is 0 Å². The Morgan fingerprint density at radius 3 is 2.64 bits per heavy atom. The molecule has 0 aliphatic carbocycles. The fraction of sp³-hybridized carbons (Fsp3) is 0.188. The minimum atomic E-state index is -3.78. The van der Waals surface area contributed by atoms with Crippen LogP contribution in [0.3, 0.4) is 0 Å². The first-order valence-electron chi connectivity index (χ1n) is 6.64.